The number of carbonyl (C=O) groups excluding carboxylic acids is 1. The molecule has 1 aliphatic heterocycles. The van der Waals surface area contributed by atoms with Crippen LogP contribution in [0.5, 0.6) is 0 Å². The van der Waals surface area contributed by atoms with Crippen molar-refractivity contribution >= 4 is 17.7 Å². The molecular weight excluding hydrogens is 304 g/mol. The maximum Gasteiger partial charge on any atom is 0.254 e. The molecule has 7 heteroatoms. The molecule has 1 aliphatic rings. The molecule has 1 saturated heterocycles. The molecule has 7 nitrogen and oxygen atoms in total. The number of hydrogen-bond acceptors (Lipinski definition) is 6. The molecule has 2 aromatic rings. The Kier molecular flexibility index (Phi) is 5.20. The van der Waals surface area contributed by atoms with Gasteiger partial charge in [-0.05, 0) is 31.5 Å². The van der Waals surface area contributed by atoms with Gasteiger partial charge in [0.1, 0.15) is 5.82 Å². The molecule has 3 rings (SSSR count). The van der Waals surface area contributed by atoms with Crippen molar-refractivity contribution in [2.45, 2.75) is 13.3 Å². The van der Waals surface area contributed by atoms with E-state index in [1.165, 1.54) is 0 Å². The second-order valence-electron chi connectivity index (χ2n) is 5.64. The number of carbonyl (C=O) groups is 1. The van der Waals surface area contributed by atoms with E-state index in [1.54, 1.807) is 30.7 Å². The van der Waals surface area contributed by atoms with Crippen LogP contribution < -0.4 is 10.2 Å². The van der Waals surface area contributed by atoms with Gasteiger partial charge in [-0.15, -0.1) is 0 Å². The zero-order valence-corrected chi connectivity index (χ0v) is 13.9. The SMILES string of the molecule is CCNc1ccnc(N2CCCN(C(=O)c3ccncc3)CC2)n1. The molecule has 3 heterocycles. The van der Waals surface area contributed by atoms with Crippen molar-refractivity contribution in [3.8, 4) is 0 Å². The lowest BCUT2D eigenvalue weighted by Crippen LogP contribution is -2.35. The van der Waals surface area contributed by atoms with Crippen LogP contribution in [0, 0.1) is 0 Å². The van der Waals surface area contributed by atoms with E-state index in [0.717, 1.165) is 38.4 Å². The Balaban J connectivity index is 1.67. The van der Waals surface area contributed by atoms with Gasteiger partial charge in [0.25, 0.3) is 5.91 Å². The third kappa shape index (κ3) is 3.79. The third-order valence-electron chi connectivity index (χ3n) is 3.99. The average Bonchev–Trinajstić information content (AvgIpc) is 2.89. The van der Waals surface area contributed by atoms with Crippen LogP contribution >= 0.6 is 0 Å². The topological polar surface area (TPSA) is 74.2 Å². The molecule has 2 aromatic heterocycles. The van der Waals surface area contributed by atoms with Crippen molar-refractivity contribution in [3.63, 3.8) is 0 Å². The van der Waals surface area contributed by atoms with Crippen molar-refractivity contribution in [1.29, 1.82) is 0 Å². The summed E-state index contributed by atoms with van der Waals surface area (Å²) in [6.07, 6.45) is 5.96. The highest BCUT2D eigenvalue weighted by Crippen LogP contribution is 2.15. The van der Waals surface area contributed by atoms with Gasteiger partial charge in [0.05, 0.1) is 0 Å². The summed E-state index contributed by atoms with van der Waals surface area (Å²) in [7, 11) is 0. The molecule has 1 fully saturated rings. The van der Waals surface area contributed by atoms with Crippen LogP contribution in [0.25, 0.3) is 0 Å². The number of nitrogens with zero attached hydrogens (tertiary/aromatic N) is 5. The summed E-state index contributed by atoms with van der Waals surface area (Å²) in [6.45, 7) is 5.84. The van der Waals surface area contributed by atoms with E-state index in [0.29, 0.717) is 18.1 Å². The Morgan fingerprint density at radius 2 is 1.96 bits per heavy atom. The van der Waals surface area contributed by atoms with Gasteiger partial charge < -0.3 is 15.1 Å². The maximum atomic E-state index is 12.6. The predicted octanol–water partition coefficient (Wildman–Crippen LogP) is 1.66. The highest BCUT2D eigenvalue weighted by atomic mass is 16.2. The quantitative estimate of drug-likeness (QED) is 0.921. The van der Waals surface area contributed by atoms with E-state index in [-0.39, 0.29) is 5.91 Å². The van der Waals surface area contributed by atoms with Gasteiger partial charge in [-0.1, -0.05) is 0 Å². The van der Waals surface area contributed by atoms with Gasteiger partial charge in [0.2, 0.25) is 5.95 Å². The minimum atomic E-state index is 0.0570. The van der Waals surface area contributed by atoms with E-state index in [9.17, 15) is 4.79 Å². The summed E-state index contributed by atoms with van der Waals surface area (Å²) in [5, 5.41) is 3.20. The highest BCUT2D eigenvalue weighted by Gasteiger charge is 2.21. The van der Waals surface area contributed by atoms with Crippen LogP contribution in [0.4, 0.5) is 11.8 Å². The number of aromatic nitrogens is 3. The summed E-state index contributed by atoms with van der Waals surface area (Å²) >= 11 is 0. The second-order valence-corrected chi connectivity index (χ2v) is 5.64. The summed E-state index contributed by atoms with van der Waals surface area (Å²) < 4.78 is 0. The van der Waals surface area contributed by atoms with Gasteiger partial charge >= 0.3 is 0 Å². The van der Waals surface area contributed by atoms with Crippen LogP contribution in [-0.4, -0.2) is 58.5 Å². The molecule has 126 valence electrons. The molecule has 0 bridgehead atoms. The first-order valence-electron chi connectivity index (χ1n) is 8.29. The van der Waals surface area contributed by atoms with Crippen molar-refractivity contribution in [2.24, 2.45) is 0 Å². The first-order valence-corrected chi connectivity index (χ1v) is 8.29. The van der Waals surface area contributed by atoms with Crippen LogP contribution in [0.15, 0.2) is 36.8 Å². The van der Waals surface area contributed by atoms with E-state index in [1.807, 2.05) is 17.9 Å². The number of hydrogen-bond donors (Lipinski definition) is 1. The Morgan fingerprint density at radius 1 is 1.12 bits per heavy atom. The first-order chi connectivity index (χ1) is 11.8. The van der Waals surface area contributed by atoms with Gasteiger partial charge in [-0.3, -0.25) is 9.78 Å². The molecule has 0 spiro atoms. The molecule has 0 saturated carbocycles. The largest absolute Gasteiger partial charge is 0.370 e. The Morgan fingerprint density at radius 3 is 2.75 bits per heavy atom. The summed E-state index contributed by atoms with van der Waals surface area (Å²) in [6, 6.07) is 5.38. The normalized spacial score (nSPS) is 15.0. The van der Waals surface area contributed by atoms with Gasteiger partial charge in [0.15, 0.2) is 0 Å². The molecular formula is C17H22N6O. The number of amides is 1. The van der Waals surface area contributed by atoms with E-state index >= 15 is 0 Å². The monoisotopic (exact) mass is 326 g/mol. The smallest absolute Gasteiger partial charge is 0.254 e. The standard InChI is InChI=1S/C17H22N6O/c1-2-19-15-6-9-20-17(21-15)23-11-3-10-22(12-13-23)16(24)14-4-7-18-8-5-14/h4-9H,2-3,10-13H2,1H3,(H,19,20,21). The fourth-order valence-corrected chi connectivity index (χ4v) is 2.78. The maximum absolute atomic E-state index is 12.6. The minimum absolute atomic E-state index is 0.0570. The van der Waals surface area contributed by atoms with Crippen LogP contribution in [-0.2, 0) is 0 Å². The van der Waals surface area contributed by atoms with E-state index in [4.69, 9.17) is 0 Å². The summed E-state index contributed by atoms with van der Waals surface area (Å²) in [5.41, 5.74) is 0.684. The fourth-order valence-electron chi connectivity index (χ4n) is 2.78. The molecule has 1 N–H and O–H groups in total. The van der Waals surface area contributed by atoms with E-state index in [2.05, 4.69) is 25.2 Å². The second kappa shape index (κ2) is 7.72. The van der Waals surface area contributed by atoms with Gasteiger partial charge in [-0.25, -0.2) is 4.98 Å². The number of nitrogens with one attached hydrogen (secondary N) is 1. The summed E-state index contributed by atoms with van der Waals surface area (Å²) in [5.74, 6) is 1.60. The van der Waals surface area contributed by atoms with Crippen molar-refractivity contribution in [1.82, 2.24) is 19.9 Å². The highest BCUT2D eigenvalue weighted by molar-refractivity contribution is 5.94. The van der Waals surface area contributed by atoms with Gasteiger partial charge in [-0.2, -0.15) is 4.98 Å². The number of anilines is 2. The molecule has 0 aliphatic carbocycles. The van der Waals surface area contributed by atoms with Crippen LogP contribution in [0.1, 0.15) is 23.7 Å². The first kappa shape index (κ1) is 16.2. The Labute approximate surface area is 141 Å². The summed E-state index contributed by atoms with van der Waals surface area (Å²) in [4.78, 5) is 29.5. The zero-order chi connectivity index (χ0) is 16.8. The minimum Gasteiger partial charge on any atom is -0.370 e. The third-order valence-corrected chi connectivity index (χ3v) is 3.99. The number of rotatable bonds is 4. The van der Waals surface area contributed by atoms with Crippen molar-refractivity contribution < 1.29 is 4.79 Å². The van der Waals surface area contributed by atoms with Crippen molar-refractivity contribution in [2.75, 3.05) is 42.9 Å². The lowest BCUT2D eigenvalue weighted by Gasteiger charge is -2.22. The molecule has 0 atom stereocenters. The lowest BCUT2D eigenvalue weighted by atomic mass is 10.2. The lowest BCUT2D eigenvalue weighted by molar-refractivity contribution is 0.0767. The zero-order valence-electron chi connectivity index (χ0n) is 13.9. The molecule has 24 heavy (non-hydrogen) atoms. The molecule has 0 unspecified atom stereocenters. The van der Waals surface area contributed by atoms with Crippen molar-refractivity contribution in [3.05, 3.63) is 42.4 Å². The predicted molar refractivity (Wildman–Crippen MR) is 93.2 cm³/mol. The Hall–Kier alpha value is -2.70. The molecule has 1 amide bonds. The van der Waals surface area contributed by atoms with Crippen LogP contribution in [0.3, 0.4) is 0 Å². The Bertz CT molecular complexity index is 678. The van der Waals surface area contributed by atoms with Crippen LogP contribution in [0.2, 0.25) is 0 Å². The van der Waals surface area contributed by atoms with Gasteiger partial charge in [0, 0.05) is 56.9 Å². The molecule has 0 aromatic carbocycles. The number of pyridine rings is 1. The van der Waals surface area contributed by atoms with E-state index < -0.39 is 0 Å². The fraction of sp³-hybridized carbons (Fsp3) is 0.412. The molecule has 0 radical (unpaired) electrons. The average molecular weight is 326 g/mol.